The fourth-order valence-electron chi connectivity index (χ4n) is 2.86. The Morgan fingerprint density at radius 3 is 2.69 bits per heavy atom. The van der Waals surface area contributed by atoms with Crippen LogP contribution in [-0.4, -0.2) is 45.2 Å². The first-order valence-electron chi connectivity index (χ1n) is 9.23. The van der Waals surface area contributed by atoms with Crippen LogP contribution in [0.4, 0.5) is 4.39 Å². The van der Waals surface area contributed by atoms with Crippen molar-refractivity contribution in [3.05, 3.63) is 64.4 Å². The number of hydrogen-bond acceptors (Lipinski definition) is 4. The molecular weight excluding hydrogens is 395 g/mol. The van der Waals surface area contributed by atoms with Crippen LogP contribution in [0.5, 0.6) is 11.5 Å². The van der Waals surface area contributed by atoms with E-state index in [1.807, 2.05) is 32.0 Å². The van der Waals surface area contributed by atoms with Crippen LogP contribution < -0.4 is 14.8 Å². The van der Waals surface area contributed by atoms with Crippen LogP contribution in [-0.2, 0) is 4.79 Å². The van der Waals surface area contributed by atoms with Gasteiger partial charge in [-0.15, -0.1) is 0 Å². The number of amides is 1. The second-order valence-corrected chi connectivity index (χ2v) is 6.99. The quantitative estimate of drug-likeness (QED) is 0.614. The Morgan fingerprint density at radius 1 is 1.31 bits per heavy atom. The molecule has 0 saturated heterocycles. The largest absolute Gasteiger partial charge is 0.493 e. The lowest BCUT2D eigenvalue weighted by atomic mass is 10.1. The fraction of sp³-hybridized carbons (Fsp3) is 0.318. The van der Waals surface area contributed by atoms with Crippen LogP contribution in [0, 0.1) is 5.82 Å². The van der Waals surface area contributed by atoms with Gasteiger partial charge in [-0.2, -0.15) is 0 Å². The number of halogens is 2. The minimum Gasteiger partial charge on any atom is -0.493 e. The minimum absolute atomic E-state index is 0.150. The summed E-state index contributed by atoms with van der Waals surface area (Å²) in [6.45, 7) is 2.66. The van der Waals surface area contributed by atoms with Gasteiger partial charge >= 0.3 is 0 Å². The average molecular weight is 421 g/mol. The van der Waals surface area contributed by atoms with Crippen molar-refractivity contribution in [1.29, 1.82) is 0 Å². The molecule has 0 fully saturated rings. The maximum atomic E-state index is 13.5. The molecular formula is C22H26ClFN2O3. The molecule has 29 heavy (non-hydrogen) atoms. The molecule has 1 amide bonds. The number of methoxy groups -OCH3 is 1. The summed E-state index contributed by atoms with van der Waals surface area (Å²) >= 11 is 6.25. The highest BCUT2D eigenvalue weighted by molar-refractivity contribution is 6.32. The van der Waals surface area contributed by atoms with Crippen molar-refractivity contribution in [1.82, 2.24) is 10.2 Å². The van der Waals surface area contributed by atoms with Crippen molar-refractivity contribution in [3.8, 4) is 11.5 Å². The molecule has 0 spiro atoms. The monoisotopic (exact) mass is 420 g/mol. The lowest BCUT2D eigenvalue weighted by Gasteiger charge is -2.25. The molecule has 2 rings (SSSR count). The zero-order valence-electron chi connectivity index (χ0n) is 17.0. The van der Waals surface area contributed by atoms with Crippen LogP contribution in [0.3, 0.4) is 0 Å². The molecule has 7 heteroatoms. The SMILES string of the molecule is CCOc1c(Cl)cc(/C=C/C(=O)NCC(c2cccc(F)c2)N(C)C)cc1OC. The van der Waals surface area contributed by atoms with E-state index in [9.17, 15) is 9.18 Å². The van der Waals surface area contributed by atoms with Gasteiger partial charge in [-0.3, -0.25) is 4.79 Å². The number of likely N-dealkylation sites (N-methyl/N-ethyl adjacent to an activating group) is 1. The van der Waals surface area contributed by atoms with E-state index in [4.69, 9.17) is 21.1 Å². The van der Waals surface area contributed by atoms with Gasteiger partial charge in [0.05, 0.1) is 24.8 Å². The number of carbonyl (C=O) groups excluding carboxylic acids is 1. The molecule has 2 aromatic carbocycles. The van der Waals surface area contributed by atoms with E-state index in [2.05, 4.69) is 5.32 Å². The molecule has 0 radical (unpaired) electrons. The highest BCUT2D eigenvalue weighted by Gasteiger charge is 2.15. The second kappa shape index (κ2) is 10.8. The van der Waals surface area contributed by atoms with E-state index < -0.39 is 0 Å². The average Bonchev–Trinajstić information content (AvgIpc) is 2.68. The number of nitrogens with one attached hydrogen (secondary N) is 1. The van der Waals surface area contributed by atoms with Gasteiger partial charge in [0.15, 0.2) is 11.5 Å². The van der Waals surface area contributed by atoms with E-state index in [0.717, 1.165) is 5.56 Å². The van der Waals surface area contributed by atoms with Gasteiger partial charge in [0, 0.05) is 12.6 Å². The van der Waals surface area contributed by atoms with E-state index in [-0.39, 0.29) is 17.8 Å². The smallest absolute Gasteiger partial charge is 0.244 e. The molecule has 0 aliphatic rings. The molecule has 1 N–H and O–H groups in total. The number of hydrogen-bond donors (Lipinski definition) is 1. The third kappa shape index (κ3) is 6.48. The van der Waals surface area contributed by atoms with Gasteiger partial charge in [0.1, 0.15) is 5.82 Å². The zero-order valence-corrected chi connectivity index (χ0v) is 17.8. The summed E-state index contributed by atoms with van der Waals surface area (Å²) in [4.78, 5) is 14.2. The molecule has 2 aromatic rings. The maximum absolute atomic E-state index is 13.5. The Hall–Kier alpha value is -2.57. The van der Waals surface area contributed by atoms with Gasteiger partial charge < -0.3 is 19.7 Å². The highest BCUT2D eigenvalue weighted by atomic mass is 35.5. The van der Waals surface area contributed by atoms with Gasteiger partial charge in [-0.1, -0.05) is 23.7 Å². The van der Waals surface area contributed by atoms with Crippen LogP contribution in [0.25, 0.3) is 6.08 Å². The predicted octanol–water partition coefficient (Wildman–Crippen LogP) is 4.32. The standard InChI is InChI=1S/C22H26ClFN2O3/c1-5-29-22-18(23)11-15(12-20(22)28-4)9-10-21(27)25-14-19(26(2)3)16-7-6-8-17(24)13-16/h6-13,19H,5,14H2,1-4H3,(H,25,27)/b10-9+. The third-order valence-corrected chi connectivity index (χ3v) is 4.57. The molecule has 0 heterocycles. The molecule has 0 aliphatic heterocycles. The maximum Gasteiger partial charge on any atom is 0.244 e. The lowest BCUT2D eigenvalue weighted by molar-refractivity contribution is -0.116. The molecule has 0 bridgehead atoms. The predicted molar refractivity (Wildman–Crippen MR) is 114 cm³/mol. The molecule has 0 aliphatic carbocycles. The number of carbonyl (C=O) groups is 1. The Kier molecular flexibility index (Phi) is 8.49. The van der Waals surface area contributed by atoms with Crippen molar-refractivity contribution >= 4 is 23.6 Å². The van der Waals surface area contributed by atoms with Gasteiger partial charge in [0.25, 0.3) is 0 Å². The summed E-state index contributed by atoms with van der Waals surface area (Å²) in [6, 6.07) is 9.66. The molecule has 5 nitrogen and oxygen atoms in total. The molecule has 0 saturated carbocycles. The molecule has 0 aromatic heterocycles. The molecule has 156 valence electrons. The number of benzene rings is 2. The molecule has 1 atom stereocenters. The fourth-order valence-corrected chi connectivity index (χ4v) is 3.13. The Labute approximate surface area is 176 Å². The summed E-state index contributed by atoms with van der Waals surface area (Å²) in [5.41, 5.74) is 1.50. The molecule has 1 unspecified atom stereocenters. The van der Waals surface area contributed by atoms with E-state index in [1.165, 1.54) is 25.3 Å². The van der Waals surface area contributed by atoms with Crippen molar-refractivity contribution in [3.63, 3.8) is 0 Å². The summed E-state index contributed by atoms with van der Waals surface area (Å²) < 4.78 is 24.3. The van der Waals surface area contributed by atoms with E-state index in [1.54, 1.807) is 24.3 Å². The topological polar surface area (TPSA) is 50.8 Å². The van der Waals surface area contributed by atoms with E-state index >= 15 is 0 Å². The first kappa shape index (κ1) is 22.7. The van der Waals surface area contributed by atoms with Crippen LogP contribution in [0.1, 0.15) is 24.1 Å². The van der Waals surface area contributed by atoms with Crippen LogP contribution in [0.2, 0.25) is 5.02 Å². The summed E-state index contributed by atoms with van der Waals surface area (Å²) in [5, 5.41) is 3.26. The van der Waals surface area contributed by atoms with Crippen LogP contribution >= 0.6 is 11.6 Å². The van der Waals surface area contributed by atoms with Gasteiger partial charge in [0.2, 0.25) is 5.91 Å². The van der Waals surface area contributed by atoms with Gasteiger partial charge in [-0.05, 0) is 62.5 Å². The number of nitrogens with zero attached hydrogens (tertiary/aromatic N) is 1. The Morgan fingerprint density at radius 2 is 2.07 bits per heavy atom. The van der Waals surface area contributed by atoms with Crippen molar-refractivity contribution in [2.45, 2.75) is 13.0 Å². The lowest BCUT2D eigenvalue weighted by Crippen LogP contribution is -2.33. The Balaban J connectivity index is 2.06. The zero-order chi connectivity index (χ0) is 21.4. The first-order chi connectivity index (χ1) is 13.8. The Bertz CT molecular complexity index is 871. The first-order valence-corrected chi connectivity index (χ1v) is 9.61. The van der Waals surface area contributed by atoms with Gasteiger partial charge in [-0.25, -0.2) is 4.39 Å². The number of rotatable bonds is 9. The third-order valence-electron chi connectivity index (χ3n) is 4.29. The highest BCUT2D eigenvalue weighted by Crippen LogP contribution is 2.36. The second-order valence-electron chi connectivity index (χ2n) is 6.58. The number of ether oxygens (including phenoxy) is 2. The summed E-state index contributed by atoms with van der Waals surface area (Å²) in [5.74, 6) is 0.402. The minimum atomic E-state index is -0.304. The van der Waals surface area contributed by atoms with Crippen molar-refractivity contribution in [2.24, 2.45) is 0 Å². The van der Waals surface area contributed by atoms with Crippen LogP contribution in [0.15, 0.2) is 42.5 Å². The normalized spacial score (nSPS) is 12.2. The summed E-state index contributed by atoms with van der Waals surface area (Å²) in [6.07, 6.45) is 3.07. The van der Waals surface area contributed by atoms with E-state index in [0.29, 0.717) is 35.2 Å². The van der Waals surface area contributed by atoms with Crippen molar-refractivity contribution in [2.75, 3.05) is 34.4 Å². The summed E-state index contributed by atoms with van der Waals surface area (Å²) in [7, 11) is 5.29. The van der Waals surface area contributed by atoms with Crippen molar-refractivity contribution < 1.29 is 18.7 Å².